The number of rotatable bonds is 2. The lowest BCUT2D eigenvalue weighted by atomic mass is 9.82. The van der Waals surface area contributed by atoms with Crippen molar-refractivity contribution in [2.45, 2.75) is 57.8 Å². The SMILES string of the molecule is CC(C)CC1NCCOC12COC(C)(C)C2. The third kappa shape index (κ3) is 2.41. The van der Waals surface area contributed by atoms with E-state index in [2.05, 4.69) is 33.0 Å². The van der Waals surface area contributed by atoms with Crippen LogP contribution in [0.25, 0.3) is 0 Å². The maximum absolute atomic E-state index is 6.09. The lowest BCUT2D eigenvalue weighted by molar-refractivity contribution is -0.102. The summed E-state index contributed by atoms with van der Waals surface area (Å²) in [7, 11) is 0. The van der Waals surface area contributed by atoms with Crippen LogP contribution in [0.2, 0.25) is 0 Å². The largest absolute Gasteiger partial charge is 0.372 e. The molecule has 2 rings (SSSR count). The molecule has 0 aromatic carbocycles. The number of ether oxygens (including phenoxy) is 2. The highest BCUT2D eigenvalue weighted by atomic mass is 16.6. The van der Waals surface area contributed by atoms with Crippen LogP contribution in [-0.4, -0.2) is 37.0 Å². The lowest BCUT2D eigenvalue weighted by Gasteiger charge is -2.42. The molecule has 2 atom stereocenters. The fraction of sp³-hybridized carbons (Fsp3) is 1.00. The van der Waals surface area contributed by atoms with Crippen LogP contribution in [0, 0.1) is 5.92 Å². The zero-order valence-corrected chi connectivity index (χ0v) is 11.0. The predicted octanol–water partition coefficient (Wildman–Crippen LogP) is 1.96. The predicted molar refractivity (Wildman–Crippen MR) is 64.6 cm³/mol. The van der Waals surface area contributed by atoms with E-state index in [0.717, 1.165) is 26.2 Å². The first-order valence-electron chi connectivity index (χ1n) is 6.45. The topological polar surface area (TPSA) is 30.5 Å². The molecule has 0 aromatic rings. The lowest BCUT2D eigenvalue weighted by Crippen LogP contribution is -2.59. The molecule has 16 heavy (non-hydrogen) atoms. The first-order valence-corrected chi connectivity index (χ1v) is 6.45. The highest BCUT2D eigenvalue weighted by Crippen LogP contribution is 2.40. The van der Waals surface area contributed by atoms with Gasteiger partial charge >= 0.3 is 0 Å². The van der Waals surface area contributed by atoms with Crippen molar-refractivity contribution in [2.75, 3.05) is 19.8 Å². The van der Waals surface area contributed by atoms with Gasteiger partial charge in [0.1, 0.15) is 5.60 Å². The van der Waals surface area contributed by atoms with Crippen LogP contribution in [0.4, 0.5) is 0 Å². The van der Waals surface area contributed by atoms with Crippen molar-refractivity contribution < 1.29 is 9.47 Å². The Balaban J connectivity index is 2.10. The molecule has 1 N–H and O–H groups in total. The molecule has 2 unspecified atom stereocenters. The number of hydrogen-bond donors (Lipinski definition) is 1. The Labute approximate surface area is 98.9 Å². The molecule has 2 aliphatic rings. The number of nitrogens with one attached hydrogen (secondary N) is 1. The van der Waals surface area contributed by atoms with Crippen molar-refractivity contribution >= 4 is 0 Å². The van der Waals surface area contributed by atoms with E-state index in [4.69, 9.17) is 9.47 Å². The molecule has 3 heteroatoms. The molecule has 0 bridgehead atoms. The quantitative estimate of drug-likeness (QED) is 0.782. The second kappa shape index (κ2) is 4.28. The average molecular weight is 227 g/mol. The van der Waals surface area contributed by atoms with E-state index in [-0.39, 0.29) is 11.2 Å². The maximum atomic E-state index is 6.09. The van der Waals surface area contributed by atoms with Crippen LogP contribution < -0.4 is 5.32 Å². The van der Waals surface area contributed by atoms with Gasteiger partial charge in [-0.05, 0) is 26.2 Å². The monoisotopic (exact) mass is 227 g/mol. The van der Waals surface area contributed by atoms with E-state index in [1.807, 2.05) is 0 Å². The van der Waals surface area contributed by atoms with Crippen LogP contribution in [0.3, 0.4) is 0 Å². The summed E-state index contributed by atoms with van der Waals surface area (Å²) in [6, 6.07) is 0.447. The summed E-state index contributed by atoms with van der Waals surface area (Å²) < 4.78 is 12.0. The molecule has 2 fully saturated rings. The summed E-state index contributed by atoms with van der Waals surface area (Å²) in [5, 5.41) is 3.62. The minimum absolute atomic E-state index is 0.0335. The second-order valence-corrected chi connectivity index (χ2v) is 6.27. The molecule has 0 amide bonds. The summed E-state index contributed by atoms with van der Waals surface area (Å²) in [5.74, 6) is 0.694. The Bertz CT molecular complexity index is 252. The summed E-state index contributed by atoms with van der Waals surface area (Å²) >= 11 is 0. The van der Waals surface area contributed by atoms with Crippen molar-refractivity contribution in [3.8, 4) is 0 Å². The third-order valence-corrected chi connectivity index (χ3v) is 3.66. The molecule has 2 aliphatic heterocycles. The van der Waals surface area contributed by atoms with E-state index < -0.39 is 0 Å². The first kappa shape index (κ1) is 12.3. The summed E-state index contributed by atoms with van der Waals surface area (Å²) in [6.45, 7) is 11.4. The van der Waals surface area contributed by atoms with E-state index in [1.54, 1.807) is 0 Å². The van der Waals surface area contributed by atoms with Gasteiger partial charge in [0.15, 0.2) is 0 Å². The van der Waals surface area contributed by atoms with Gasteiger partial charge in [0.25, 0.3) is 0 Å². The molecule has 0 aromatic heterocycles. The normalized spacial score (nSPS) is 38.4. The molecular weight excluding hydrogens is 202 g/mol. The number of hydrogen-bond acceptors (Lipinski definition) is 3. The maximum Gasteiger partial charge on any atom is 0.109 e. The highest BCUT2D eigenvalue weighted by molar-refractivity contribution is 5.04. The van der Waals surface area contributed by atoms with Gasteiger partial charge in [-0.25, -0.2) is 0 Å². The van der Waals surface area contributed by atoms with Gasteiger partial charge in [-0.2, -0.15) is 0 Å². The fourth-order valence-corrected chi connectivity index (χ4v) is 3.00. The highest BCUT2D eigenvalue weighted by Gasteiger charge is 2.51. The van der Waals surface area contributed by atoms with Crippen LogP contribution in [0.5, 0.6) is 0 Å². The van der Waals surface area contributed by atoms with Crippen molar-refractivity contribution in [1.29, 1.82) is 0 Å². The summed E-state index contributed by atoms with van der Waals surface area (Å²) in [5.41, 5.74) is -0.111. The summed E-state index contributed by atoms with van der Waals surface area (Å²) in [4.78, 5) is 0. The third-order valence-electron chi connectivity index (χ3n) is 3.66. The molecule has 1 spiro atoms. The zero-order valence-electron chi connectivity index (χ0n) is 11.0. The van der Waals surface area contributed by atoms with E-state index in [0.29, 0.717) is 12.0 Å². The molecule has 94 valence electrons. The van der Waals surface area contributed by atoms with Crippen molar-refractivity contribution in [3.05, 3.63) is 0 Å². The molecule has 2 saturated heterocycles. The minimum Gasteiger partial charge on any atom is -0.372 e. The van der Waals surface area contributed by atoms with E-state index >= 15 is 0 Å². The van der Waals surface area contributed by atoms with Crippen LogP contribution in [0.1, 0.15) is 40.5 Å². The summed E-state index contributed by atoms with van der Waals surface area (Å²) in [6.07, 6.45) is 2.17. The molecule has 0 aliphatic carbocycles. The second-order valence-electron chi connectivity index (χ2n) is 6.27. The molecule has 3 nitrogen and oxygen atoms in total. The Hall–Kier alpha value is -0.120. The average Bonchev–Trinajstić information content (AvgIpc) is 2.47. The Morgan fingerprint density at radius 3 is 2.62 bits per heavy atom. The minimum atomic E-state index is -0.0774. The Morgan fingerprint density at radius 1 is 1.31 bits per heavy atom. The Kier molecular flexibility index (Phi) is 3.30. The van der Waals surface area contributed by atoms with Gasteiger partial charge in [0.05, 0.1) is 18.8 Å². The van der Waals surface area contributed by atoms with Gasteiger partial charge in [-0.15, -0.1) is 0 Å². The van der Waals surface area contributed by atoms with E-state index in [1.165, 1.54) is 6.42 Å². The van der Waals surface area contributed by atoms with Gasteiger partial charge in [0, 0.05) is 19.0 Å². The first-order chi connectivity index (χ1) is 7.44. The van der Waals surface area contributed by atoms with Crippen molar-refractivity contribution in [2.24, 2.45) is 5.92 Å². The van der Waals surface area contributed by atoms with Gasteiger partial charge in [-0.1, -0.05) is 13.8 Å². The van der Waals surface area contributed by atoms with Crippen LogP contribution in [-0.2, 0) is 9.47 Å². The standard InChI is InChI=1S/C13H25NO2/c1-10(2)7-11-13(15-6-5-14-11)8-12(3,4)16-9-13/h10-11,14H,5-9H2,1-4H3. The molecule has 0 saturated carbocycles. The van der Waals surface area contributed by atoms with Crippen LogP contribution >= 0.6 is 0 Å². The van der Waals surface area contributed by atoms with E-state index in [9.17, 15) is 0 Å². The smallest absolute Gasteiger partial charge is 0.109 e. The zero-order chi connectivity index (χ0) is 11.8. The van der Waals surface area contributed by atoms with Gasteiger partial charge < -0.3 is 14.8 Å². The number of morpholine rings is 1. The molecular formula is C13H25NO2. The molecule has 0 radical (unpaired) electrons. The Morgan fingerprint density at radius 2 is 2.06 bits per heavy atom. The van der Waals surface area contributed by atoms with Crippen molar-refractivity contribution in [1.82, 2.24) is 5.32 Å². The van der Waals surface area contributed by atoms with Crippen molar-refractivity contribution in [3.63, 3.8) is 0 Å². The molecule has 2 heterocycles. The van der Waals surface area contributed by atoms with Crippen LogP contribution in [0.15, 0.2) is 0 Å². The van der Waals surface area contributed by atoms with Gasteiger partial charge in [0.2, 0.25) is 0 Å². The van der Waals surface area contributed by atoms with Gasteiger partial charge in [-0.3, -0.25) is 0 Å². The fourth-order valence-electron chi connectivity index (χ4n) is 3.00.